The van der Waals surface area contributed by atoms with Crippen LogP contribution in [0.5, 0.6) is 0 Å². The van der Waals surface area contributed by atoms with Gasteiger partial charge in [-0.1, -0.05) is 30.3 Å². The van der Waals surface area contributed by atoms with Crippen LogP contribution in [-0.2, 0) is 11.3 Å². The molecule has 20 heavy (non-hydrogen) atoms. The summed E-state index contributed by atoms with van der Waals surface area (Å²) in [7, 11) is 0. The van der Waals surface area contributed by atoms with Crippen molar-refractivity contribution in [3.05, 3.63) is 35.9 Å². The van der Waals surface area contributed by atoms with E-state index in [1.807, 2.05) is 35.2 Å². The molecule has 0 aromatic heterocycles. The molecule has 2 aliphatic rings. The molecule has 2 fully saturated rings. The van der Waals surface area contributed by atoms with E-state index in [4.69, 9.17) is 4.74 Å². The normalized spacial score (nSPS) is 25.9. The van der Waals surface area contributed by atoms with E-state index in [1.165, 1.54) is 12.8 Å². The predicted molar refractivity (Wildman–Crippen MR) is 77.3 cm³/mol. The van der Waals surface area contributed by atoms with E-state index in [0.29, 0.717) is 18.6 Å². The van der Waals surface area contributed by atoms with Gasteiger partial charge in [0.05, 0.1) is 6.04 Å². The summed E-state index contributed by atoms with van der Waals surface area (Å²) in [6.45, 7) is 3.18. The van der Waals surface area contributed by atoms with Gasteiger partial charge in [0.15, 0.2) is 0 Å². The number of carbonyl (C=O) groups excluding carboxylic acids is 1. The van der Waals surface area contributed by atoms with Gasteiger partial charge in [0, 0.05) is 13.1 Å². The van der Waals surface area contributed by atoms with Crippen LogP contribution in [0.4, 0.5) is 4.79 Å². The molecule has 4 heteroatoms. The Labute approximate surface area is 120 Å². The minimum absolute atomic E-state index is 0.162. The SMILES string of the molecule is O=C(OCc1ccccc1)N1CCC2CCCNCC21. The van der Waals surface area contributed by atoms with Gasteiger partial charge in [-0.2, -0.15) is 0 Å². The zero-order valence-corrected chi connectivity index (χ0v) is 11.8. The molecule has 3 rings (SSSR count). The van der Waals surface area contributed by atoms with Gasteiger partial charge in [-0.3, -0.25) is 0 Å². The molecule has 2 saturated heterocycles. The van der Waals surface area contributed by atoms with Gasteiger partial charge in [0.25, 0.3) is 0 Å². The third-order valence-electron chi connectivity index (χ3n) is 4.41. The number of benzene rings is 1. The summed E-state index contributed by atoms with van der Waals surface area (Å²) in [5.74, 6) is 0.647. The number of hydrogen-bond donors (Lipinski definition) is 1. The highest BCUT2D eigenvalue weighted by Gasteiger charge is 2.38. The van der Waals surface area contributed by atoms with Crippen LogP contribution in [0.1, 0.15) is 24.8 Å². The fraction of sp³-hybridized carbons (Fsp3) is 0.562. The van der Waals surface area contributed by atoms with Crippen molar-refractivity contribution in [1.82, 2.24) is 10.2 Å². The Bertz CT molecular complexity index is 449. The molecule has 1 aromatic rings. The fourth-order valence-electron chi connectivity index (χ4n) is 3.30. The lowest BCUT2D eigenvalue weighted by Crippen LogP contribution is -2.43. The first-order valence-corrected chi connectivity index (χ1v) is 7.52. The molecule has 0 spiro atoms. The lowest BCUT2D eigenvalue weighted by molar-refractivity contribution is 0.0888. The highest BCUT2D eigenvalue weighted by atomic mass is 16.6. The van der Waals surface area contributed by atoms with Crippen LogP contribution in [-0.4, -0.2) is 36.7 Å². The van der Waals surface area contributed by atoms with E-state index in [0.717, 1.165) is 31.6 Å². The first kappa shape index (κ1) is 13.4. The van der Waals surface area contributed by atoms with Crippen molar-refractivity contribution in [2.24, 2.45) is 5.92 Å². The van der Waals surface area contributed by atoms with Crippen molar-refractivity contribution in [2.45, 2.75) is 31.9 Å². The summed E-state index contributed by atoms with van der Waals surface area (Å²) in [4.78, 5) is 14.2. The van der Waals surface area contributed by atoms with Crippen LogP contribution in [0, 0.1) is 5.92 Å². The number of rotatable bonds is 2. The molecular formula is C16H22N2O2. The molecule has 2 heterocycles. The quantitative estimate of drug-likeness (QED) is 0.900. The highest BCUT2D eigenvalue weighted by Crippen LogP contribution is 2.29. The van der Waals surface area contributed by atoms with Crippen LogP contribution in [0.15, 0.2) is 30.3 Å². The number of amides is 1. The monoisotopic (exact) mass is 274 g/mol. The third kappa shape index (κ3) is 2.96. The average molecular weight is 274 g/mol. The maximum absolute atomic E-state index is 12.3. The summed E-state index contributed by atoms with van der Waals surface area (Å²) in [5, 5.41) is 3.43. The Morgan fingerprint density at radius 3 is 3.00 bits per heavy atom. The van der Waals surface area contributed by atoms with Crippen molar-refractivity contribution in [3.8, 4) is 0 Å². The van der Waals surface area contributed by atoms with E-state index in [1.54, 1.807) is 0 Å². The molecule has 1 aromatic carbocycles. The van der Waals surface area contributed by atoms with Gasteiger partial charge in [0.2, 0.25) is 0 Å². The van der Waals surface area contributed by atoms with E-state index in [2.05, 4.69) is 5.32 Å². The Balaban J connectivity index is 1.57. The maximum atomic E-state index is 12.3. The predicted octanol–water partition coefficient (Wildman–Crippen LogP) is 2.40. The van der Waals surface area contributed by atoms with Gasteiger partial charge in [-0.15, -0.1) is 0 Å². The lowest BCUT2D eigenvalue weighted by Gasteiger charge is -2.26. The Kier molecular flexibility index (Phi) is 4.21. The third-order valence-corrected chi connectivity index (χ3v) is 4.41. The van der Waals surface area contributed by atoms with Crippen molar-refractivity contribution in [2.75, 3.05) is 19.6 Å². The average Bonchev–Trinajstić information content (AvgIpc) is 2.75. The molecule has 0 bridgehead atoms. The van der Waals surface area contributed by atoms with Crippen molar-refractivity contribution < 1.29 is 9.53 Å². The second-order valence-electron chi connectivity index (χ2n) is 5.70. The number of fused-ring (bicyclic) bond motifs is 1. The van der Waals surface area contributed by atoms with Gasteiger partial charge < -0.3 is 15.0 Å². The molecule has 1 N–H and O–H groups in total. The fourth-order valence-corrected chi connectivity index (χ4v) is 3.30. The van der Waals surface area contributed by atoms with E-state index >= 15 is 0 Å². The molecule has 2 aliphatic heterocycles. The number of nitrogens with zero attached hydrogens (tertiary/aromatic N) is 1. The van der Waals surface area contributed by atoms with Crippen LogP contribution >= 0.6 is 0 Å². The zero-order chi connectivity index (χ0) is 13.8. The molecule has 108 valence electrons. The highest BCUT2D eigenvalue weighted by molar-refractivity contribution is 5.68. The molecule has 2 unspecified atom stereocenters. The Hall–Kier alpha value is -1.55. The Morgan fingerprint density at radius 1 is 1.30 bits per heavy atom. The largest absolute Gasteiger partial charge is 0.445 e. The van der Waals surface area contributed by atoms with Gasteiger partial charge in [-0.25, -0.2) is 4.79 Å². The molecule has 4 nitrogen and oxygen atoms in total. The molecule has 0 radical (unpaired) electrons. The van der Waals surface area contributed by atoms with E-state index < -0.39 is 0 Å². The van der Waals surface area contributed by atoms with Gasteiger partial charge in [-0.05, 0) is 37.3 Å². The van der Waals surface area contributed by atoms with Crippen molar-refractivity contribution in [1.29, 1.82) is 0 Å². The van der Waals surface area contributed by atoms with Crippen LogP contribution in [0.2, 0.25) is 0 Å². The number of likely N-dealkylation sites (tertiary alicyclic amines) is 1. The summed E-state index contributed by atoms with van der Waals surface area (Å²) in [6.07, 6.45) is 3.39. The first-order chi connectivity index (χ1) is 9.84. The molecule has 2 atom stereocenters. The molecule has 0 aliphatic carbocycles. The second kappa shape index (κ2) is 6.27. The summed E-state index contributed by atoms with van der Waals surface area (Å²) in [6, 6.07) is 10.2. The standard InChI is InChI=1S/C16H22N2O2/c19-16(20-12-13-5-2-1-3-6-13)18-10-8-14-7-4-9-17-11-15(14)18/h1-3,5-6,14-15,17H,4,7-12H2. The summed E-state index contributed by atoms with van der Waals surface area (Å²) < 4.78 is 5.46. The second-order valence-corrected chi connectivity index (χ2v) is 5.70. The van der Waals surface area contributed by atoms with Crippen LogP contribution in [0.3, 0.4) is 0 Å². The molecule has 0 saturated carbocycles. The number of nitrogens with one attached hydrogen (secondary N) is 1. The maximum Gasteiger partial charge on any atom is 0.410 e. The van der Waals surface area contributed by atoms with Gasteiger partial charge in [0.1, 0.15) is 6.61 Å². The van der Waals surface area contributed by atoms with E-state index in [-0.39, 0.29) is 6.09 Å². The van der Waals surface area contributed by atoms with Crippen LogP contribution in [0.25, 0.3) is 0 Å². The molecular weight excluding hydrogens is 252 g/mol. The molecule has 1 amide bonds. The summed E-state index contributed by atoms with van der Waals surface area (Å²) in [5.41, 5.74) is 1.04. The zero-order valence-electron chi connectivity index (χ0n) is 11.8. The minimum Gasteiger partial charge on any atom is -0.445 e. The van der Waals surface area contributed by atoms with E-state index in [9.17, 15) is 4.79 Å². The first-order valence-electron chi connectivity index (χ1n) is 7.52. The Morgan fingerprint density at radius 2 is 2.15 bits per heavy atom. The smallest absolute Gasteiger partial charge is 0.410 e. The number of carbonyl (C=O) groups is 1. The summed E-state index contributed by atoms with van der Waals surface area (Å²) >= 11 is 0. The number of hydrogen-bond acceptors (Lipinski definition) is 3. The number of ether oxygens (including phenoxy) is 1. The van der Waals surface area contributed by atoms with Crippen LogP contribution < -0.4 is 5.32 Å². The minimum atomic E-state index is -0.162. The lowest BCUT2D eigenvalue weighted by atomic mass is 9.96. The van der Waals surface area contributed by atoms with Gasteiger partial charge >= 0.3 is 6.09 Å². The van der Waals surface area contributed by atoms with Crippen molar-refractivity contribution in [3.63, 3.8) is 0 Å². The van der Waals surface area contributed by atoms with Crippen molar-refractivity contribution >= 4 is 6.09 Å². The topological polar surface area (TPSA) is 41.6 Å².